The molecule has 1 aliphatic rings. The van der Waals surface area contributed by atoms with Gasteiger partial charge in [-0.2, -0.15) is 0 Å². The average Bonchev–Trinajstić information content (AvgIpc) is 2.46. The molecule has 6 heteroatoms. The molecule has 1 saturated heterocycles. The molecule has 118 valence electrons. The molecule has 3 amide bonds. The van der Waals surface area contributed by atoms with E-state index in [2.05, 4.69) is 19.2 Å². The molecule has 0 saturated carbocycles. The van der Waals surface area contributed by atoms with Gasteiger partial charge in [0.05, 0.1) is 0 Å². The van der Waals surface area contributed by atoms with Gasteiger partial charge in [-0.3, -0.25) is 10.1 Å². The lowest BCUT2D eigenvalue weighted by atomic mass is 9.78. The fourth-order valence-electron chi connectivity index (χ4n) is 2.20. The lowest BCUT2D eigenvalue weighted by Crippen LogP contribution is -2.48. The number of carbonyl (C=O) groups excluding carboxylic acids is 2. The number of nitrogens with one attached hydrogen (secondary N) is 1. The second kappa shape index (κ2) is 6.74. The molecule has 0 bridgehead atoms. The van der Waals surface area contributed by atoms with Gasteiger partial charge in [0.2, 0.25) is 0 Å². The highest BCUT2D eigenvalue weighted by molar-refractivity contribution is 6.07. The molecule has 1 fully saturated rings. The number of hydrogen-bond donors (Lipinski definition) is 2. The summed E-state index contributed by atoms with van der Waals surface area (Å²) in [7, 11) is 0. The van der Waals surface area contributed by atoms with Crippen molar-refractivity contribution in [2.24, 2.45) is 5.41 Å². The van der Waals surface area contributed by atoms with Crippen molar-refractivity contribution in [3.8, 4) is 0 Å². The van der Waals surface area contributed by atoms with Gasteiger partial charge in [0.25, 0.3) is 5.91 Å². The van der Waals surface area contributed by atoms with Crippen molar-refractivity contribution in [3.63, 3.8) is 0 Å². The van der Waals surface area contributed by atoms with Crippen LogP contribution in [0.2, 0.25) is 0 Å². The summed E-state index contributed by atoms with van der Waals surface area (Å²) in [5.74, 6) is -1.81. The first-order chi connectivity index (χ1) is 9.70. The van der Waals surface area contributed by atoms with Gasteiger partial charge in [0.1, 0.15) is 0 Å². The number of rotatable bonds is 3. The smallest absolute Gasteiger partial charge is 0.331 e. The Morgan fingerprint density at radius 2 is 1.67 bits per heavy atom. The Balaban J connectivity index is 2.61. The summed E-state index contributed by atoms with van der Waals surface area (Å²) in [5.41, 5.74) is 0.250. The quantitative estimate of drug-likeness (QED) is 0.781. The van der Waals surface area contributed by atoms with Gasteiger partial charge >= 0.3 is 12.0 Å². The van der Waals surface area contributed by atoms with E-state index >= 15 is 0 Å². The molecule has 1 aliphatic heterocycles. The molecule has 0 spiro atoms. The molecule has 21 heavy (non-hydrogen) atoms. The molecule has 2 N–H and O–H groups in total. The molecule has 0 radical (unpaired) electrons. The zero-order valence-corrected chi connectivity index (χ0v) is 13.2. The Labute approximate surface area is 125 Å². The lowest BCUT2D eigenvalue weighted by Gasteiger charge is -2.38. The van der Waals surface area contributed by atoms with E-state index < -0.39 is 17.9 Å². The van der Waals surface area contributed by atoms with Gasteiger partial charge in [-0.05, 0) is 32.1 Å². The van der Waals surface area contributed by atoms with E-state index in [1.807, 2.05) is 0 Å². The van der Waals surface area contributed by atoms with Gasteiger partial charge in [0, 0.05) is 24.2 Å². The van der Waals surface area contributed by atoms with Crippen LogP contribution in [0.15, 0.2) is 11.1 Å². The van der Waals surface area contributed by atoms with E-state index in [1.165, 1.54) is 13.8 Å². The number of aliphatic carboxylic acids is 1. The number of nitrogens with zero attached hydrogens (tertiary/aromatic N) is 1. The second-order valence-corrected chi connectivity index (χ2v) is 5.97. The van der Waals surface area contributed by atoms with E-state index in [4.69, 9.17) is 5.11 Å². The molecule has 0 aromatic rings. The van der Waals surface area contributed by atoms with Crippen molar-refractivity contribution in [2.75, 3.05) is 13.1 Å². The maximum absolute atomic E-state index is 12.0. The van der Waals surface area contributed by atoms with Crippen LogP contribution in [0.25, 0.3) is 0 Å². The topological polar surface area (TPSA) is 86.7 Å². The van der Waals surface area contributed by atoms with Gasteiger partial charge in [-0.25, -0.2) is 9.59 Å². The number of amides is 3. The molecular formula is C15H24N2O4. The first-order valence-corrected chi connectivity index (χ1v) is 7.21. The van der Waals surface area contributed by atoms with E-state index in [0.29, 0.717) is 13.1 Å². The molecule has 1 heterocycles. The standard InChI is InChI=1S/C15H24N2O4/c1-5-15(4)6-8-17(9-7-15)14(21)16-12(18)10(2)11(3)13(19)20/h5-9H2,1-4H3,(H,19,20)(H,16,18,21). The summed E-state index contributed by atoms with van der Waals surface area (Å²) < 4.78 is 0. The van der Waals surface area contributed by atoms with Crippen LogP contribution in [0.4, 0.5) is 4.79 Å². The predicted molar refractivity (Wildman–Crippen MR) is 78.8 cm³/mol. The fourth-order valence-corrected chi connectivity index (χ4v) is 2.20. The minimum absolute atomic E-state index is 0.0475. The van der Waals surface area contributed by atoms with Crippen LogP contribution in [0.1, 0.15) is 47.0 Å². The summed E-state index contributed by atoms with van der Waals surface area (Å²) in [6, 6.07) is -0.448. The second-order valence-electron chi connectivity index (χ2n) is 5.97. The van der Waals surface area contributed by atoms with Crippen molar-refractivity contribution in [1.82, 2.24) is 10.2 Å². The molecular weight excluding hydrogens is 272 g/mol. The first kappa shape index (κ1) is 17.2. The Morgan fingerprint density at radius 1 is 1.14 bits per heavy atom. The van der Waals surface area contributed by atoms with E-state index in [9.17, 15) is 14.4 Å². The lowest BCUT2D eigenvalue weighted by molar-refractivity contribution is -0.133. The summed E-state index contributed by atoms with van der Waals surface area (Å²) in [4.78, 5) is 36.3. The molecule has 0 aliphatic carbocycles. The Hall–Kier alpha value is -1.85. The molecule has 6 nitrogen and oxygen atoms in total. The first-order valence-electron chi connectivity index (χ1n) is 7.21. The predicted octanol–water partition coefficient (Wildman–Crippen LogP) is 2.16. The van der Waals surface area contributed by atoms with Gasteiger partial charge in [-0.1, -0.05) is 20.3 Å². The molecule has 0 atom stereocenters. The normalized spacial score (nSPS) is 18.8. The van der Waals surface area contributed by atoms with E-state index in [0.717, 1.165) is 19.3 Å². The van der Waals surface area contributed by atoms with Crippen molar-refractivity contribution >= 4 is 17.9 Å². The molecule has 0 aromatic heterocycles. The maximum atomic E-state index is 12.0. The summed E-state index contributed by atoms with van der Waals surface area (Å²) in [6.07, 6.45) is 2.89. The van der Waals surface area contributed by atoms with Crippen LogP contribution in [0.3, 0.4) is 0 Å². The van der Waals surface area contributed by atoms with E-state index in [1.54, 1.807) is 4.90 Å². The minimum Gasteiger partial charge on any atom is -0.478 e. The number of carboxylic acids is 1. The van der Waals surface area contributed by atoms with Crippen molar-refractivity contribution in [1.29, 1.82) is 0 Å². The van der Waals surface area contributed by atoms with Crippen molar-refractivity contribution in [3.05, 3.63) is 11.1 Å². The van der Waals surface area contributed by atoms with Crippen LogP contribution in [0.5, 0.6) is 0 Å². The highest BCUT2D eigenvalue weighted by Crippen LogP contribution is 2.33. The van der Waals surface area contributed by atoms with Crippen LogP contribution < -0.4 is 5.32 Å². The highest BCUT2D eigenvalue weighted by Gasteiger charge is 2.31. The Kier molecular flexibility index (Phi) is 5.52. The molecule has 0 unspecified atom stereocenters. The Bertz CT molecular complexity index is 474. The van der Waals surface area contributed by atoms with Crippen LogP contribution >= 0.6 is 0 Å². The van der Waals surface area contributed by atoms with Crippen LogP contribution in [0, 0.1) is 5.41 Å². The number of carbonyl (C=O) groups is 3. The maximum Gasteiger partial charge on any atom is 0.331 e. The van der Waals surface area contributed by atoms with Gasteiger partial charge in [-0.15, -0.1) is 0 Å². The van der Waals surface area contributed by atoms with E-state index in [-0.39, 0.29) is 16.6 Å². The zero-order valence-electron chi connectivity index (χ0n) is 13.2. The Morgan fingerprint density at radius 3 is 2.10 bits per heavy atom. The van der Waals surface area contributed by atoms with Crippen molar-refractivity contribution in [2.45, 2.75) is 47.0 Å². The zero-order chi connectivity index (χ0) is 16.2. The largest absolute Gasteiger partial charge is 0.478 e. The highest BCUT2D eigenvalue weighted by atomic mass is 16.4. The summed E-state index contributed by atoms with van der Waals surface area (Å²) in [5, 5.41) is 11.1. The third-order valence-corrected chi connectivity index (χ3v) is 4.56. The SMILES string of the molecule is CCC1(C)CCN(C(=O)NC(=O)C(C)=C(C)C(=O)O)CC1. The summed E-state index contributed by atoms with van der Waals surface area (Å²) >= 11 is 0. The van der Waals surface area contributed by atoms with Crippen LogP contribution in [-0.2, 0) is 9.59 Å². The monoisotopic (exact) mass is 296 g/mol. The number of likely N-dealkylation sites (tertiary alicyclic amines) is 1. The third kappa shape index (κ3) is 4.31. The molecule has 0 aromatic carbocycles. The van der Waals surface area contributed by atoms with Gasteiger partial charge in [0.15, 0.2) is 0 Å². The van der Waals surface area contributed by atoms with Crippen LogP contribution in [-0.4, -0.2) is 41.0 Å². The average molecular weight is 296 g/mol. The number of piperidine rings is 1. The van der Waals surface area contributed by atoms with Gasteiger partial charge < -0.3 is 10.0 Å². The number of hydrogen-bond acceptors (Lipinski definition) is 3. The number of urea groups is 1. The molecule has 1 rings (SSSR count). The van der Waals surface area contributed by atoms with Crippen molar-refractivity contribution < 1.29 is 19.5 Å². The minimum atomic E-state index is -1.16. The fraction of sp³-hybridized carbons (Fsp3) is 0.667. The summed E-state index contributed by atoms with van der Waals surface area (Å²) in [6.45, 7) is 8.32. The third-order valence-electron chi connectivity index (χ3n) is 4.56. The number of imide groups is 1. The number of carboxylic acid groups (broad SMARTS) is 1.